The number of aromatic nitrogens is 2. The minimum absolute atomic E-state index is 0.0626. The minimum atomic E-state index is -0.193. The van der Waals surface area contributed by atoms with Crippen LogP contribution in [-0.4, -0.2) is 51.4 Å². The highest BCUT2D eigenvalue weighted by molar-refractivity contribution is 5.92. The van der Waals surface area contributed by atoms with Gasteiger partial charge in [0.05, 0.1) is 24.9 Å². The molecule has 2 fully saturated rings. The molecule has 0 saturated carbocycles. The van der Waals surface area contributed by atoms with Crippen LogP contribution in [0.15, 0.2) is 36.7 Å². The van der Waals surface area contributed by atoms with Crippen LogP contribution >= 0.6 is 0 Å². The van der Waals surface area contributed by atoms with Crippen molar-refractivity contribution in [3.8, 4) is 5.75 Å². The lowest BCUT2D eigenvalue weighted by atomic mass is 9.96. The number of ether oxygens (including phenoxy) is 1. The number of amides is 2. The van der Waals surface area contributed by atoms with Crippen LogP contribution in [0, 0.1) is 6.92 Å². The molecule has 7 nitrogen and oxygen atoms in total. The molecule has 1 aromatic heterocycles. The summed E-state index contributed by atoms with van der Waals surface area (Å²) in [4.78, 5) is 35.9. The van der Waals surface area contributed by atoms with Gasteiger partial charge < -0.3 is 15.0 Å². The first-order chi connectivity index (χ1) is 14.5. The molecule has 2 aromatic rings. The summed E-state index contributed by atoms with van der Waals surface area (Å²) < 4.78 is 5.47. The third kappa shape index (κ3) is 4.45. The predicted octanol–water partition coefficient (Wildman–Crippen LogP) is 2.68. The molecule has 4 rings (SSSR count). The molecule has 2 amide bonds. The zero-order valence-electron chi connectivity index (χ0n) is 17.5. The first kappa shape index (κ1) is 20.3. The van der Waals surface area contributed by atoms with Gasteiger partial charge in [0.1, 0.15) is 11.4 Å². The summed E-state index contributed by atoms with van der Waals surface area (Å²) in [6.07, 6.45) is 7.07. The molecule has 2 bridgehead atoms. The molecule has 2 atom stereocenters. The summed E-state index contributed by atoms with van der Waals surface area (Å²) in [5, 5.41) is 3.09. The van der Waals surface area contributed by atoms with Crippen LogP contribution < -0.4 is 10.1 Å². The summed E-state index contributed by atoms with van der Waals surface area (Å²) in [5.74, 6) is 0.797. The van der Waals surface area contributed by atoms with Crippen molar-refractivity contribution in [2.75, 3.05) is 6.61 Å². The Morgan fingerprint density at radius 3 is 2.40 bits per heavy atom. The number of carbonyl (C=O) groups excluding carboxylic acids is 2. The van der Waals surface area contributed by atoms with Crippen molar-refractivity contribution in [2.45, 2.75) is 64.1 Å². The molecule has 0 spiro atoms. The normalized spacial score (nSPS) is 22.6. The Kier molecular flexibility index (Phi) is 5.97. The maximum absolute atomic E-state index is 13.0. The van der Waals surface area contributed by atoms with E-state index in [1.807, 2.05) is 38.1 Å². The van der Waals surface area contributed by atoms with E-state index in [0.717, 1.165) is 42.7 Å². The topological polar surface area (TPSA) is 84.4 Å². The number of benzene rings is 1. The second-order valence-electron chi connectivity index (χ2n) is 8.12. The van der Waals surface area contributed by atoms with Crippen LogP contribution in [-0.2, 0) is 11.2 Å². The molecule has 2 unspecified atom stereocenters. The average Bonchev–Trinajstić information content (AvgIpc) is 3.01. The number of hydrogen-bond donors (Lipinski definition) is 1. The van der Waals surface area contributed by atoms with E-state index in [1.54, 1.807) is 6.20 Å². The zero-order valence-corrected chi connectivity index (χ0v) is 17.5. The molecule has 0 radical (unpaired) electrons. The highest BCUT2D eigenvalue weighted by Crippen LogP contribution is 2.36. The molecular formula is C23H28N4O3. The number of fused-ring (bicyclic) bond motifs is 2. The fourth-order valence-corrected chi connectivity index (χ4v) is 4.61. The van der Waals surface area contributed by atoms with Crippen LogP contribution in [0.2, 0.25) is 0 Å². The van der Waals surface area contributed by atoms with E-state index in [-0.39, 0.29) is 29.9 Å². The van der Waals surface area contributed by atoms with Crippen LogP contribution in [0.1, 0.15) is 54.4 Å². The molecule has 2 aliphatic heterocycles. The fourth-order valence-electron chi connectivity index (χ4n) is 4.61. The van der Waals surface area contributed by atoms with Gasteiger partial charge in [-0.2, -0.15) is 0 Å². The number of aryl methyl sites for hydroxylation is 1. The lowest BCUT2D eigenvalue weighted by Gasteiger charge is -2.39. The molecule has 1 aromatic carbocycles. The second-order valence-corrected chi connectivity index (χ2v) is 8.12. The third-order valence-corrected chi connectivity index (χ3v) is 5.96. The van der Waals surface area contributed by atoms with Gasteiger partial charge in [0.25, 0.3) is 5.91 Å². The number of rotatable bonds is 6. The van der Waals surface area contributed by atoms with Gasteiger partial charge in [0.2, 0.25) is 5.91 Å². The highest BCUT2D eigenvalue weighted by Gasteiger charge is 2.43. The summed E-state index contributed by atoms with van der Waals surface area (Å²) >= 11 is 0. The van der Waals surface area contributed by atoms with Gasteiger partial charge in [0, 0.05) is 24.3 Å². The first-order valence-electron chi connectivity index (χ1n) is 10.7. The van der Waals surface area contributed by atoms with E-state index in [2.05, 4.69) is 20.2 Å². The average molecular weight is 409 g/mol. The first-order valence-corrected chi connectivity index (χ1v) is 10.7. The number of nitrogens with zero attached hydrogens (tertiary/aromatic N) is 3. The summed E-state index contributed by atoms with van der Waals surface area (Å²) in [6.45, 7) is 4.42. The molecule has 1 N–H and O–H groups in total. The van der Waals surface area contributed by atoms with Gasteiger partial charge >= 0.3 is 0 Å². The second kappa shape index (κ2) is 8.81. The van der Waals surface area contributed by atoms with Crippen molar-refractivity contribution in [1.29, 1.82) is 0 Å². The Morgan fingerprint density at radius 2 is 1.80 bits per heavy atom. The summed E-state index contributed by atoms with van der Waals surface area (Å²) in [6, 6.07) is 8.18. The molecule has 2 saturated heterocycles. The van der Waals surface area contributed by atoms with Crippen molar-refractivity contribution in [3.05, 3.63) is 53.6 Å². The summed E-state index contributed by atoms with van der Waals surface area (Å²) in [7, 11) is 0. The quantitative estimate of drug-likeness (QED) is 0.794. The lowest BCUT2D eigenvalue weighted by Crippen LogP contribution is -2.52. The summed E-state index contributed by atoms with van der Waals surface area (Å²) in [5.41, 5.74) is 2.11. The molecule has 30 heavy (non-hydrogen) atoms. The Morgan fingerprint density at radius 1 is 1.10 bits per heavy atom. The van der Waals surface area contributed by atoms with Gasteiger partial charge in [-0.15, -0.1) is 0 Å². The molecule has 2 aliphatic rings. The van der Waals surface area contributed by atoms with Crippen LogP contribution in [0.25, 0.3) is 0 Å². The van der Waals surface area contributed by atoms with Crippen LogP contribution in [0.3, 0.4) is 0 Å². The Balaban J connectivity index is 1.34. The SMILES string of the molecule is CCOc1ccc(CC(=O)N2C3CCC2CC(NC(=O)c2cnc(C)cn2)C3)cc1. The van der Waals surface area contributed by atoms with Gasteiger partial charge in [-0.1, -0.05) is 12.1 Å². The van der Waals surface area contributed by atoms with E-state index < -0.39 is 0 Å². The van der Waals surface area contributed by atoms with Crippen molar-refractivity contribution >= 4 is 11.8 Å². The van der Waals surface area contributed by atoms with Gasteiger partial charge in [-0.05, 0) is 57.2 Å². The van der Waals surface area contributed by atoms with Gasteiger partial charge in [-0.3, -0.25) is 14.6 Å². The maximum Gasteiger partial charge on any atom is 0.271 e. The standard InChI is InChI=1S/C23H28N4O3/c1-3-30-20-8-4-16(5-9-20)10-22(28)27-18-6-7-19(27)12-17(11-18)26-23(29)21-14-24-15(2)13-25-21/h4-5,8-9,13-14,17-19H,3,6-7,10-12H2,1-2H3,(H,26,29). The minimum Gasteiger partial charge on any atom is -0.494 e. The van der Waals surface area contributed by atoms with Crippen LogP contribution in [0.4, 0.5) is 0 Å². The monoisotopic (exact) mass is 408 g/mol. The van der Waals surface area contributed by atoms with E-state index in [1.165, 1.54) is 6.20 Å². The molecule has 158 valence electrons. The van der Waals surface area contributed by atoms with Gasteiger partial charge in [0.15, 0.2) is 0 Å². The van der Waals surface area contributed by atoms with E-state index >= 15 is 0 Å². The highest BCUT2D eigenvalue weighted by atomic mass is 16.5. The van der Waals surface area contributed by atoms with E-state index in [0.29, 0.717) is 18.7 Å². The lowest BCUT2D eigenvalue weighted by molar-refractivity contribution is -0.135. The largest absolute Gasteiger partial charge is 0.494 e. The predicted molar refractivity (Wildman–Crippen MR) is 112 cm³/mol. The number of hydrogen-bond acceptors (Lipinski definition) is 5. The Hall–Kier alpha value is -2.96. The molecular weight excluding hydrogens is 380 g/mol. The van der Waals surface area contributed by atoms with E-state index in [9.17, 15) is 9.59 Å². The van der Waals surface area contributed by atoms with Crippen LogP contribution in [0.5, 0.6) is 5.75 Å². The van der Waals surface area contributed by atoms with Crippen molar-refractivity contribution in [2.24, 2.45) is 0 Å². The smallest absolute Gasteiger partial charge is 0.271 e. The fraction of sp³-hybridized carbons (Fsp3) is 0.478. The number of piperidine rings is 1. The Bertz CT molecular complexity index is 884. The molecule has 0 aliphatic carbocycles. The maximum atomic E-state index is 13.0. The van der Waals surface area contributed by atoms with Gasteiger partial charge in [-0.25, -0.2) is 4.98 Å². The number of nitrogens with one attached hydrogen (secondary N) is 1. The van der Waals surface area contributed by atoms with Crippen molar-refractivity contribution in [3.63, 3.8) is 0 Å². The van der Waals surface area contributed by atoms with Crippen molar-refractivity contribution in [1.82, 2.24) is 20.2 Å². The van der Waals surface area contributed by atoms with Crippen molar-refractivity contribution < 1.29 is 14.3 Å². The van der Waals surface area contributed by atoms with E-state index in [4.69, 9.17) is 4.74 Å². The Labute approximate surface area is 176 Å². The zero-order chi connectivity index (χ0) is 21.1. The number of carbonyl (C=O) groups is 2. The third-order valence-electron chi connectivity index (χ3n) is 5.96. The molecule has 3 heterocycles. The molecule has 7 heteroatoms.